The molecule has 1 aliphatic heterocycles. The summed E-state index contributed by atoms with van der Waals surface area (Å²) in [7, 11) is 0. The molecule has 3 nitrogen and oxygen atoms in total. The fourth-order valence-electron chi connectivity index (χ4n) is 2.83. The molecule has 0 radical (unpaired) electrons. The highest BCUT2D eigenvalue weighted by atomic mass is 32.1. The SMILES string of the molecule is CCCC1CCN(c2nc(CNCC(C)C)cs2)CC1. The first-order valence-corrected chi connectivity index (χ1v) is 8.97. The minimum absolute atomic E-state index is 0.700. The molecule has 0 saturated carbocycles. The van der Waals surface area contributed by atoms with Crippen molar-refractivity contribution in [3.63, 3.8) is 0 Å². The van der Waals surface area contributed by atoms with Gasteiger partial charge < -0.3 is 10.2 Å². The van der Waals surface area contributed by atoms with Gasteiger partial charge in [-0.2, -0.15) is 0 Å². The largest absolute Gasteiger partial charge is 0.348 e. The van der Waals surface area contributed by atoms with Crippen LogP contribution >= 0.6 is 11.3 Å². The summed E-state index contributed by atoms with van der Waals surface area (Å²) in [6.45, 7) is 11.1. The fourth-order valence-corrected chi connectivity index (χ4v) is 3.71. The quantitative estimate of drug-likeness (QED) is 0.827. The number of nitrogens with one attached hydrogen (secondary N) is 1. The van der Waals surface area contributed by atoms with Gasteiger partial charge in [0.2, 0.25) is 0 Å². The number of aromatic nitrogens is 1. The molecule has 1 aromatic rings. The summed E-state index contributed by atoms with van der Waals surface area (Å²) in [6, 6.07) is 0. The van der Waals surface area contributed by atoms with Gasteiger partial charge in [0.1, 0.15) is 0 Å². The second-order valence-electron chi connectivity index (χ2n) is 6.37. The summed E-state index contributed by atoms with van der Waals surface area (Å²) in [5.74, 6) is 1.65. The van der Waals surface area contributed by atoms with Crippen LogP contribution in [0.1, 0.15) is 52.1 Å². The van der Waals surface area contributed by atoms with E-state index in [1.165, 1.54) is 49.6 Å². The lowest BCUT2D eigenvalue weighted by Crippen LogP contribution is -2.33. The van der Waals surface area contributed by atoms with Gasteiger partial charge in [0.05, 0.1) is 5.69 Å². The molecule has 0 amide bonds. The van der Waals surface area contributed by atoms with Gasteiger partial charge >= 0.3 is 0 Å². The molecule has 1 fully saturated rings. The summed E-state index contributed by atoms with van der Waals surface area (Å²) in [4.78, 5) is 7.26. The Bertz CT molecular complexity index is 381. The molecule has 0 unspecified atom stereocenters. The van der Waals surface area contributed by atoms with Crippen LogP contribution in [0, 0.1) is 11.8 Å². The summed E-state index contributed by atoms with van der Waals surface area (Å²) >= 11 is 1.80. The zero-order valence-corrected chi connectivity index (χ0v) is 14.0. The van der Waals surface area contributed by atoms with Gasteiger partial charge in [0, 0.05) is 25.0 Å². The molecule has 0 aromatic carbocycles. The molecule has 20 heavy (non-hydrogen) atoms. The van der Waals surface area contributed by atoms with Crippen LogP contribution in [-0.2, 0) is 6.54 Å². The standard InChI is InChI=1S/C16H29N3S/c1-4-5-14-6-8-19(9-7-14)16-18-15(12-20-16)11-17-10-13(2)3/h12-14,17H,4-11H2,1-3H3. The Morgan fingerprint density at radius 1 is 1.40 bits per heavy atom. The predicted molar refractivity (Wildman–Crippen MR) is 88.5 cm³/mol. The van der Waals surface area contributed by atoms with Crippen molar-refractivity contribution >= 4 is 16.5 Å². The van der Waals surface area contributed by atoms with E-state index >= 15 is 0 Å². The first kappa shape index (κ1) is 15.8. The molecular weight excluding hydrogens is 266 g/mol. The van der Waals surface area contributed by atoms with Gasteiger partial charge in [-0.1, -0.05) is 33.6 Å². The number of hydrogen-bond acceptors (Lipinski definition) is 4. The Morgan fingerprint density at radius 3 is 2.80 bits per heavy atom. The highest BCUT2D eigenvalue weighted by molar-refractivity contribution is 7.13. The molecular formula is C16H29N3S. The second-order valence-corrected chi connectivity index (χ2v) is 7.20. The minimum atomic E-state index is 0.700. The normalized spacial score (nSPS) is 17.1. The maximum Gasteiger partial charge on any atom is 0.185 e. The highest BCUT2D eigenvalue weighted by Gasteiger charge is 2.20. The van der Waals surface area contributed by atoms with E-state index in [2.05, 4.69) is 36.4 Å². The monoisotopic (exact) mass is 295 g/mol. The number of nitrogens with zero attached hydrogens (tertiary/aromatic N) is 2. The maximum atomic E-state index is 4.78. The molecule has 0 spiro atoms. The van der Waals surface area contributed by atoms with E-state index in [1.54, 1.807) is 11.3 Å². The molecule has 1 N–H and O–H groups in total. The van der Waals surface area contributed by atoms with Gasteiger partial charge in [0.15, 0.2) is 5.13 Å². The maximum absolute atomic E-state index is 4.78. The fraction of sp³-hybridized carbons (Fsp3) is 0.812. The van der Waals surface area contributed by atoms with Crippen LogP contribution in [-0.4, -0.2) is 24.6 Å². The van der Waals surface area contributed by atoms with Gasteiger partial charge in [-0.3, -0.25) is 0 Å². The van der Waals surface area contributed by atoms with E-state index in [1.807, 2.05) is 0 Å². The van der Waals surface area contributed by atoms with E-state index in [0.717, 1.165) is 19.0 Å². The van der Waals surface area contributed by atoms with Crippen molar-refractivity contribution in [2.75, 3.05) is 24.5 Å². The van der Waals surface area contributed by atoms with Crippen molar-refractivity contribution in [1.29, 1.82) is 0 Å². The third kappa shape index (κ3) is 4.74. The lowest BCUT2D eigenvalue weighted by atomic mass is 9.93. The van der Waals surface area contributed by atoms with E-state index in [9.17, 15) is 0 Å². The molecule has 2 heterocycles. The van der Waals surface area contributed by atoms with Gasteiger partial charge in [-0.05, 0) is 31.2 Å². The van der Waals surface area contributed by atoms with Crippen molar-refractivity contribution in [1.82, 2.24) is 10.3 Å². The number of rotatable bonds is 7. The summed E-state index contributed by atoms with van der Waals surface area (Å²) in [6.07, 6.45) is 5.41. The lowest BCUT2D eigenvalue weighted by Gasteiger charge is -2.31. The van der Waals surface area contributed by atoms with Crippen molar-refractivity contribution in [3.05, 3.63) is 11.1 Å². The van der Waals surface area contributed by atoms with Crippen LogP contribution in [0.4, 0.5) is 5.13 Å². The summed E-state index contributed by atoms with van der Waals surface area (Å²) in [5.41, 5.74) is 1.20. The third-order valence-corrected chi connectivity index (χ3v) is 4.93. The van der Waals surface area contributed by atoms with Crippen molar-refractivity contribution in [2.45, 2.75) is 53.0 Å². The average Bonchev–Trinajstić information content (AvgIpc) is 2.88. The van der Waals surface area contributed by atoms with Crippen molar-refractivity contribution in [2.24, 2.45) is 11.8 Å². The smallest absolute Gasteiger partial charge is 0.185 e. The molecule has 4 heteroatoms. The van der Waals surface area contributed by atoms with Crippen LogP contribution in [0.3, 0.4) is 0 Å². The Kier molecular flexibility index (Phi) is 6.30. The third-order valence-electron chi connectivity index (χ3n) is 3.98. The van der Waals surface area contributed by atoms with Gasteiger partial charge in [0.25, 0.3) is 0 Å². The number of hydrogen-bond donors (Lipinski definition) is 1. The Hall–Kier alpha value is -0.610. The van der Waals surface area contributed by atoms with Crippen LogP contribution in [0.5, 0.6) is 0 Å². The van der Waals surface area contributed by atoms with Crippen LogP contribution < -0.4 is 10.2 Å². The second kappa shape index (κ2) is 7.99. The van der Waals surface area contributed by atoms with E-state index in [4.69, 9.17) is 4.98 Å². The minimum Gasteiger partial charge on any atom is -0.348 e. The Balaban J connectivity index is 1.78. The summed E-state index contributed by atoms with van der Waals surface area (Å²) < 4.78 is 0. The molecule has 1 aromatic heterocycles. The predicted octanol–water partition coefficient (Wildman–Crippen LogP) is 3.91. The number of thiazole rings is 1. The average molecular weight is 295 g/mol. The first-order chi connectivity index (χ1) is 9.69. The summed E-state index contributed by atoms with van der Waals surface area (Å²) in [5, 5.41) is 6.90. The van der Waals surface area contributed by atoms with Crippen molar-refractivity contribution < 1.29 is 0 Å². The van der Waals surface area contributed by atoms with E-state index in [0.29, 0.717) is 5.92 Å². The van der Waals surface area contributed by atoms with Crippen LogP contribution in [0.2, 0.25) is 0 Å². The number of piperidine rings is 1. The highest BCUT2D eigenvalue weighted by Crippen LogP contribution is 2.28. The van der Waals surface area contributed by atoms with Gasteiger partial charge in [-0.25, -0.2) is 4.98 Å². The molecule has 2 rings (SSSR count). The molecule has 0 bridgehead atoms. The van der Waals surface area contributed by atoms with Crippen LogP contribution in [0.15, 0.2) is 5.38 Å². The Morgan fingerprint density at radius 2 is 2.15 bits per heavy atom. The Labute approximate surface area is 127 Å². The molecule has 1 saturated heterocycles. The molecule has 0 aliphatic carbocycles. The zero-order chi connectivity index (χ0) is 14.4. The van der Waals surface area contributed by atoms with Gasteiger partial charge in [-0.15, -0.1) is 11.3 Å². The molecule has 0 atom stereocenters. The van der Waals surface area contributed by atoms with Crippen molar-refractivity contribution in [3.8, 4) is 0 Å². The van der Waals surface area contributed by atoms with E-state index < -0.39 is 0 Å². The van der Waals surface area contributed by atoms with Crippen LogP contribution in [0.25, 0.3) is 0 Å². The topological polar surface area (TPSA) is 28.2 Å². The van der Waals surface area contributed by atoms with E-state index in [-0.39, 0.29) is 0 Å². The lowest BCUT2D eigenvalue weighted by molar-refractivity contribution is 0.378. The number of anilines is 1. The molecule has 114 valence electrons. The molecule has 1 aliphatic rings. The first-order valence-electron chi connectivity index (χ1n) is 8.09. The zero-order valence-electron chi connectivity index (χ0n) is 13.2.